The van der Waals surface area contributed by atoms with Gasteiger partial charge < -0.3 is 19.7 Å². The van der Waals surface area contributed by atoms with Crippen molar-refractivity contribution in [2.24, 2.45) is 0 Å². The highest BCUT2D eigenvalue weighted by molar-refractivity contribution is 9.10. The van der Waals surface area contributed by atoms with Gasteiger partial charge in [-0.15, -0.1) is 0 Å². The van der Waals surface area contributed by atoms with E-state index in [9.17, 15) is 28.6 Å². The Morgan fingerprint density at radius 2 is 1.85 bits per heavy atom. The first kappa shape index (κ1) is 26.6. The number of nitrogens with zero attached hydrogens (tertiary/aromatic N) is 6. The van der Waals surface area contributed by atoms with Gasteiger partial charge in [-0.05, 0) is 42.8 Å². The Balaban J connectivity index is 1.43. The highest BCUT2D eigenvalue weighted by Gasteiger charge is 2.54. The Morgan fingerprint density at radius 3 is 2.58 bits per heavy atom. The van der Waals surface area contributed by atoms with Crippen molar-refractivity contribution in [2.75, 3.05) is 6.61 Å². The fraction of sp³-hybridized carbons (Fsp3) is 0.308. The normalized spacial score (nSPS) is 26.1. The molecule has 0 spiro atoms. The molecule has 4 heterocycles. The number of aromatic nitrogens is 5. The zero-order valence-corrected chi connectivity index (χ0v) is 22.2. The van der Waals surface area contributed by atoms with Crippen molar-refractivity contribution < 1.29 is 32.9 Å². The van der Waals surface area contributed by atoms with Crippen LogP contribution in [-0.2, 0) is 9.47 Å². The van der Waals surface area contributed by atoms with Crippen LogP contribution >= 0.6 is 15.9 Å². The molecule has 0 amide bonds. The Labute approximate surface area is 233 Å². The number of ether oxygens (including phenoxy) is 2. The van der Waals surface area contributed by atoms with Crippen LogP contribution < -0.4 is 0 Å². The van der Waals surface area contributed by atoms with E-state index in [-0.39, 0.29) is 23.6 Å². The molecule has 206 valence electrons. The third kappa shape index (κ3) is 4.40. The molecule has 4 unspecified atom stereocenters. The number of nitriles is 1. The average Bonchev–Trinajstić information content (AvgIpc) is 3.65. The lowest BCUT2D eigenvalue weighted by atomic mass is 9.91. The van der Waals surface area contributed by atoms with Crippen LogP contribution in [0.2, 0.25) is 0 Å². The van der Waals surface area contributed by atoms with Crippen LogP contribution in [0.3, 0.4) is 0 Å². The lowest BCUT2D eigenvalue weighted by Gasteiger charge is -2.41. The van der Waals surface area contributed by atoms with Gasteiger partial charge in [0.1, 0.15) is 48.5 Å². The van der Waals surface area contributed by atoms with Crippen molar-refractivity contribution in [1.82, 2.24) is 24.5 Å². The van der Waals surface area contributed by atoms with E-state index in [4.69, 9.17) is 9.47 Å². The maximum atomic E-state index is 13.9. The van der Waals surface area contributed by atoms with Crippen molar-refractivity contribution in [2.45, 2.75) is 43.5 Å². The molecule has 2 aromatic carbocycles. The van der Waals surface area contributed by atoms with Crippen molar-refractivity contribution in [3.8, 4) is 22.9 Å². The van der Waals surface area contributed by atoms with Crippen LogP contribution in [0.4, 0.5) is 13.2 Å². The summed E-state index contributed by atoms with van der Waals surface area (Å²) in [4.78, 5) is 4.49. The van der Waals surface area contributed by atoms with Crippen molar-refractivity contribution in [3.63, 3.8) is 0 Å². The standard InChI is InChI=1S/C26H20BrF3N6O4/c1-11-33-26(36(34-11)18-6-15(27)3-2-12(18)7-31)25-22(38)21(24-23(40-25)19(37)10-39-24)35-9-14(8-32-35)13-4-16(28)20(30)17(29)5-13/h2-6,8-9,19,21-25,37-38H,10H2,1H3/t19?,21?,22?,23?,24-,25-/m1/s1. The molecule has 0 aliphatic carbocycles. The molecule has 2 N–H and O–H groups in total. The number of fused-ring (bicyclic) bond motifs is 1. The first-order valence-corrected chi connectivity index (χ1v) is 12.9. The molecule has 4 aromatic rings. The van der Waals surface area contributed by atoms with E-state index in [1.165, 1.54) is 21.8 Å². The minimum Gasteiger partial charge on any atom is -0.388 e. The summed E-state index contributed by atoms with van der Waals surface area (Å²) in [7, 11) is 0. The maximum absolute atomic E-state index is 13.9. The molecular weight excluding hydrogens is 597 g/mol. The van der Waals surface area contributed by atoms with E-state index in [1.54, 1.807) is 25.1 Å². The molecule has 2 aliphatic rings. The van der Waals surface area contributed by atoms with E-state index in [1.807, 2.05) is 0 Å². The van der Waals surface area contributed by atoms with E-state index in [0.717, 1.165) is 12.1 Å². The third-order valence-corrected chi connectivity index (χ3v) is 7.48. The monoisotopic (exact) mass is 616 g/mol. The third-order valence-electron chi connectivity index (χ3n) is 6.99. The van der Waals surface area contributed by atoms with E-state index in [2.05, 4.69) is 37.2 Å². The molecule has 2 fully saturated rings. The van der Waals surface area contributed by atoms with Crippen molar-refractivity contribution in [3.05, 3.63) is 81.9 Å². The summed E-state index contributed by atoms with van der Waals surface area (Å²) in [6.45, 7) is 1.58. The summed E-state index contributed by atoms with van der Waals surface area (Å²) < 4.78 is 56.6. The number of rotatable bonds is 4. The summed E-state index contributed by atoms with van der Waals surface area (Å²) in [6.07, 6.45) is -2.52. The number of hydrogen-bond acceptors (Lipinski definition) is 8. The van der Waals surface area contributed by atoms with Crippen LogP contribution in [0.1, 0.15) is 29.4 Å². The molecular formula is C26H20BrF3N6O4. The number of hydrogen-bond donors (Lipinski definition) is 2. The second-order valence-electron chi connectivity index (χ2n) is 9.53. The number of halogens is 4. The Hall–Kier alpha value is -3.61. The van der Waals surface area contributed by atoms with Gasteiger partial charge >= 0.3 is 0 Å². The van der Waals surface area contributed by atoms with E-state index in [0.29, 0.717) is 21.5 Å². The lowest BCUT2D eigenvalue weighted by Crippen LogP contribution is -2.52. The smallest absolute Gasteiger partial charge is 0.194 e. The first-order chi connectivity index (χ1) is 19.2. The minimum atomic E-state index is -1.58. The maximum Gasteiger partial charge on any atom is 0.194 e. The number of benzene rings is 2. The highest BCUT2D eigenvalue weighted by Crippen LogP contribution is 2.43. The molecule has 0 radical (unpaired) electrons. The van der Waals surface area contributed by atoms with Gasteiger partial charge in [0.25, 0.3) is 0 Å². The van der Waals surface area contributed by atoms with Gasteiger partial charge in [-0.3, -0.25) is 4.68 Å². The SMILES string of the molecule is Cc1nc([C@@H]2OC3C(O)CO[C@@H]3C(n3cc(-c4cc(F)c(F)c(F)c4)cn3)C2O)n(-c2cc(Br)ccc2C#N)n1. The number of aliphatic hydroxyl groups excluding tert-OH is 2. The number of aryl methyl sites for hydroxylation is 1. The fourth-order valence-electron chi connectivity index (χ4n) is 5.16. The molecule has 0 bridgehead atoms. The van der Waals surface area contributed by atoms with Crippen LogP contribution in [-0.4, -0.2) is 65.8 Å². The second-order valence-corrected chi connectivity index (χ2v) is 10.4. The van der Waals surface area contributed by atoms with E-state index >= 15 is 0 Å². The van der Waals surface area contributed by atoms with Gasteiger partial charge in [0.05, 0.1) is 24.1 Å². The molecule has 40 heavy (non-hydrogen) atoms. The van der Waals surface area contributed by atoms with Crippen LogP contribution in [0.25, 0.3) is 16.8 Å². The Morgan fingerprint density at radius 1 is 1.10 bits per heavy atom. The van der Waals surface area contributed by atoms with E-state index < -0.39 is 54.0 Å². The molecule has 2 aliphatic heterocycles. The predicted octanol–water partition coefficient (Wildman–Crippen LogP) is 3.29. The highest BCUT2D eigenvalue weighted by atomic mass is 79.9. The first-order valence-electron chi connectivity index (χ1n) is 12.1. The van der Waals surface area contributed by atoms with Gasteiger partial charge in [-0.25, -0.2) is 22.8 Å². The lowest BCUT2D eigenvalue weighted by molar-refractivity contribution is -0.196. The van der Waals surface area contributed by atoms with Crippen LogP contribution in [0.15, 0.2) is 47.2 Å². The summed E-state index contributed by atoms with van der Waals surface area (Å²) in [6, 6.07) is 7.87. The van der Waals surface area contributed by atoms with Gasteiger partial charge in [-0.2, -0.15) is 15.5 Å². The summed E-state index contributed by atoms with van der Waals surface area (Å²) in [5.41, 5.74) is 0.995. The molecule has 6 rings (SSSR count). The van der Waals surface area contributed by atoms with Gasteiger partial charge in [0, 0.05) is 16.2 Å². The topological polar surface area (TPSA) is 131 Å². The summed E-state index contributed by atoms with van der Waals surface area (Å²) >= 11 is 3.40. The van der Waals surface area contributed by atoms with Crippen LogP contribution in [0.5, 0.6) is 0 Å². The zero-order valence-electron chi connectivity index (χ0n) is 20.6. The molecule has 2 aromatic heterocycles. The Bertz CT molecular complexity index is 1630. The predicted molar refractivity (Wildman–Crippen MR) is 134 cm³/mol. The summed E-state index contributed by atoms with van der Waals surface area (Å²) in [5, 5.41) is 40.7. The molecule has 6 atom stereocenters. The number of aliphatic hydroxyl groups is 2. The van der Waals surface area contributed by atoms with Gasteiger partial charge in [0.2, 0.25) is 0 Å². The van der Waals surface area contributed by atoms with Crippen molar-refractivity contribution >= 4 is 15.9 Å². The summed E-state index contributed by atoms with van der Waals surface area (Å²) in [5.74, 6) is -3.76. The van der Waals surface area contributed by atoms with Crippen molar-refractivity contribution in [1.29, 1.82) is 5.26 Å². The molecule has 10 nitrogen and oxygen atoms in total. The molecule has 14 heteroatoms. The molecule has 2 saturated heterocycles. The minimum absolute atomic E-state index is 0.0405. The zero-order chi connectivity index (χ0) is 28.3. The van der Waals surface area contributed by atoms with Gasteiger partial charge in [-0.1, -0.05) is 15.9 Å². The van der Waals surface area contributed by atoms with Gasteiger partial charge in [0.15, 0.2) is 23.3 Å². The molecule has 0 saturated carbocycles. The fourth-order valence-corrected chi connectivity index (χ4v) is 5.51. The second kappa shape index (κ2) is 10.1. The quantitative estimate of drug-likeness (QED) is 0.334. The largest absolute Gasteiger partial charge is 0.388 e. The average molecular weight is 617 g/mol. The van der Waals surface area contributed by atoms with Crippen LogP contribution in [0, 0.1) is 35.7 Å². The Kier molecular flexibility index (Phi) is 6.71.